The molecule has 0 unspecified atom stereocenters. The van der Waals surface area contributed by atoms with Gasteiger partial charge in [-0.25, -0.2) is 0 Å². The third kappa shape index (κ3) is 8.01. The van der Waals surface area contributed by atoms with Crippen molar-refractivity contribution >= 4 is 5.97 Å². The first kappa shape index (κ1) is 22.2. The maximum absolute atomic E-state index is 10.4. The van der Waals surface area contributed by atoms with Crippen LogP contribution in [0.5, 0.6) is 0 Å². The van der Waals surface area contributed by atoms with Crippen molar-refractivity contribution in [1.29, 1.82) is 0 Å². The van der Waals surface area contributed by atoms with E-state index in [9.17, 15) is 9.90 Å². The zero-order valence-corrected chi connectivity index (χ0v) is 17.4. The number of hydrogen-bond donors (Lipinski definition) is 0. The predicted molar refractivity (Wildman–Crippen MR) is 91.1 cm³/mol. The molecule has 23 heavy (non-hydrogen) atoms. The van der Waals surface area contributed by atoms with Crippen LogP contribution in [0.15, 0.2) is 58.7 Å². The van der Waals surface area contributed by atoms with Gasteiger partial charge in [0.15, 0.2) is 0 Å². The van der Waals surface area contributed by atoms with E-state index < -0.39 is 5.97 Å². The zero-order valence-electron chi connectivity index (χ0n) is 15.4. The summed E-state index contributed by atoms with van der Waals surface area (Å²) in [6.45, 7) is 10.6. The average Bonchev–Trinajstić information content (AvgIpc) is 2.36. The van der Waals surface area contributed by atoms with Crippen LogP contribution in [0.3, 0.4) is 0 Å². The summed E-state index contributed by atoms with van der Waals surface area (Å²) in [4.78, 5) is 10.4. The summed E-state index contributed by atoms with van der Waals surface area (Å²) in [5.74, 6) is -1.16. The molecule has 0 fully saturated rings. The second kappa shape index (κ2) is 10.1. The van der Waals surface area contributed by atoms with Gasteiger partial charge in [-0.1, -0.05) is 55.4 Å². The number of carboxylic acids is 1. The normalized spacial score (nSPS) is 19.3. The first-order valence-corrected chi connectivity index (χ1v) is 7.85. The van der Waals surface area contributed by atoms with E-state index in [4.69, 9.17) is 0 Å². The minimum atomic E-state index is -1.16. The van der Waals surface area contributed by atoms with Crippen molar-refractivity contribution in [3.8, 4) is 0 Å². The van der Waals surface area contributed by atoms with Gasteiger partial charge in [-0.05, 0) is 62.7 Å². The Morgan fingerprint density at radius 2 is 1.83 bits per heavy atom. The molecule has 0 heterocycles. The quantitative estimate of drug-likeness (QED) is 0.434. The first-order valence-electron chi connectivity index (χ1n) is 7.85. The molecule has 0 N–H and O–H groups in total. The number of allylic oxidation sites excluding steroid dienone is 9. The van der Waals surface area contributed by atoms with Crippen LogP contribution in [0.1, 0.15) is 53.9 Å². The van der Waals surface area contributed by atoms with E-state index in [1.807, 2.05) is 19.1 Å². The van der Waals surface area contributed by atoms with Crippen LogP contribution in [-0.2, 0) is 4.79 Å². The van der Waals surface area contributed by atoms with Crippen LogP contribution in [0.2, 0.25) is 0 Å². The van der Waals surface area contributed by atoms with E-state index in [0.29, 0.717) is 5.57 Å². The van der Waals surface area contributed by atoms with E-state index >= 15 is 0 Å². The van der Waals surface area contributed by atoms with E-state index in [-0.39, 0.29) is 35.0 Å². The summed E-state index contributed by atoms with van der Waals surface area (Å²) in [7, 11) is 0. The summed E-state index contributed by atoms with van der Waals surface area (Å²) >= 11 is 0. The topological polar surface area (TPSA) is 40.1 Å². The molecular formula is C20H27NaO2. The molecule has 1 aliphatic rings. The fraction of sp³-hybridized carbons (Fsp3) is 0.450. The molecule has 0 spiro atoms. The molecule has 120 valence electrons. The monoisotopic (exact) mass is 322 g/mol. The van der Waals surface area contributed by atoms with Crippen molar-refractivity contribution in [1.82, 2.24) is 0 Å². The molecular weight excluding hydrogens is 295 g/mol. The minimum absolute atomic E-state index is 0. The van der Waals surface area contributed by atoms with Crippen LogP contribution in [0, 0.1) is 5.41 Å². The SMILES string of the molecule is CC(C=C/C=C(/C)C=CC1=C(C)CCCC1(C)C)=CC(=O)[O-].[Na+]. The third-order valence-electron chi connectivity index (χ3n) is 4.12. The molecule has 0 radical (unpaired) electrons. The predicted octanol–water partition coefficient (Wildman–Crippen LogP) is 1.27. The zero-order chi connectivity index (χ0) is 16.8. The Morgan fingerprint density at radius 3 is 2.39 bits per heavy atom. The van der Waals surface area contributed by atoms with Gasteiger partial charge in [0.1, 0.15) is 0 Å². The maximum Gasteiger partial charge on any atom is 1.00 e. The Kier molecular flexibility index (Phi) is 9.76. The van der Waals surface area contributed by atoms with Crippen LogP contribution in [0.25, 0.3) is 0 Å². The van der Waals surface area contributed by atoms with E-state index in [1.54, 1.807) is 13.0 Å². The summed E-state index contributed by atoms with van der Waals surface area (Å²) in [6.07, 6.45) is 14.8. The minimum Gasteiger partial charge on any atom is -0.545 e. The summed E-state index contributed by atoms with van der Waals surface area (Å²) in [5.41, 5.74) is 4.99. The third-order valence-corrected chi connectivity index (χ3v) is 4.12. The number of hydrogen-bond acceptors (Lipinski definition) is 2. The maximum atomic E-state index is 10.4. The summed E-state index contributed by atoms with van der Waals surface area (Å²) < 4.78 is 0. The molecule has 0 aliphatic heterocycles. The Labute approximate surface area is 163 Å². The molecule has 1 aliphatic carbocycles. The molecule has 0 amide bonds. The molecule has 0 saturated heterocycles. The van der Waals surface area contributed by atoms with Crippen molar-refractivity contribution in [2.45, 2.75) is 53.9 Å². The molecule has 1 rings (SSSR count). The van der Waals surface area contributed by atoms with Gasteiger partial charge in [0.2, 0.25) is 0 Å². The molecule has 0 aromatic carbocycles. The van der Waals surface area contributed by atoms with Gasteiger partial charge in [0.05, 0.1) is 5.97 Å². The van der Waals surface area contributed by atoms with E-state index in [1.165, 1.54) is 30.4 Å². The Morgan fingerprint density at radius 1 is 1.17 bits per heavy atom. The molecule has 0 saturated carbocycles. The number of carbonyl (C=O) groups excluding carboxylic acids is 1. The second-order valence-corrected chi connectivity index (χ2v) is 6.74. The Hall–Kier alpha value is -0.830. The van der Waals surface area contributed by atoms with Crippen molar-refractivity contribution in [3.63, 3.8) is 0 Å². The Bertz CT molecular complexity index is 572. The number of carbonyl (C=O) groups is 1. The summed E-state index contributed by atoms with van der Waals surface area (Å²) in [5, 5.41) is 10.4. The molecule has 3 heteroatoms. The molecule has 0 aromatic rings. The van der Waals surface area contributed by atoms with Gasteiger partial charge in [-0.3, -0.25) is 0 Å². The van der Waals surface area contributed by atoms with Gasteiger partial charge < -0.3 is 9.90 Å². The average molecular weight is 322 g/mol. The van der Waals surface area contributed by atoms with Gasteiger partial charge in [-0.2, -0.15) is 0 Å². The van der Waals surface area contributed by atoms with Crippen molar-refractivity contribution in [2.75, 3.05) is 0 Å². The van der Waals surface area contributed by atoms with Gasteiger partial charge in [0.25, 0.3) is 0 Å². The standard InChI is InChI=1S/C20H28O2.Na/c1-15(8-6-9-16(2)14-19(21)22)11-12-18-17(3)10-7-13-20(18,4)5;/h6,8-9,11-12,14H,7,10,13H2,1-5H3,(H,21,22);/q;+1/p-1/b9-6?,12-11?,15-8-,16-14?;. The second-order valence-electron chi connectivity index (χ2n) is 6.74. The number of rotatable bonds is 5. The van der Waals surface area contributed by atoms with Crippen LogP contribution < -0.4 is 34.7 Å². The number of aliphatic carboxylic acids is 1. The Balaban J connectivity index is 0.00000484. The van der Waals surface area contributed by atoms with Gasteiger partial charge in [-0.15, -0.1) is 0 Å². The smallest absolute Gasteiger partial charge is 0.545 e. The van der Waals surface area contributed by atoms with Gasteiger partial charge >= 0.3 is 29.6 Å². The van der Waals surface area contributed by atoms with E-state index in [0.717, 1.165) is 11.6 Å². The van der Waals surface area contributed by atoms with Crippen molar-refractivity contribution < 1.29 is 39.5 Å². The fourth-order valence-corrected chi connectivity index (χ4v) is 2.87. The molecule has 2 nitrogen and oxygen atoms in total. The largest absolute Gasteiger partial charge is 1.00 e. The molecule has 0 aromatic heterocycles. The molecule has 0 bridgehead atoms. The van der Waals surface area contributed by atoms with Crippen LogP contribution in [-0.4, -0.2) is 5.97 Å². The molecule has 0 atom stereocenters. The number of carboxylic acid groups (broad SMARTS) is 1. The van der Waals surface area contributed by atoms with Crippen molar-refractivity contribution in [2.24, 2.45) is 5.41 Å². The first-order chi connectivity index (χ1) is 10.2. The summed E-state index contributed by atoms with van der Waals surface area (Å²) in [6, 6.07) is 0. The van der Waals surface area contributed by atoms with Crippen LogP contribution >= 0.6 is 0 Å². The van der Waals surface area contributed by atoms with Crippen molar-refractivity contribution in [3.05, 3.63) is 58.7 Å². The fourth-order valence-electron chi connectivity index (χ4n) is 2.87. The van der Waals surface area contributed by atoms with Crippen LogP contribution in [0.4, 0.5) is 0 Å². The van der Waals surface area contributed by atoms with Gasteiger partial charge in [0, 0.05) is 0 Å². The van der Waals surface area contributed by atoms with E-state index in [2.05, 4.69) is 32.9 Å².